The molecule has 0 aliphatic heterocycles. The highest BCUT2D eigenvalue weighted by molar-refractivity contribution is 5.99. The predicted molar refractivity (Wildman–Crippen MR) is 66.0 cm³/mol. The second kappa shape index (κ2) is 4.96. The highest BCUT2D eigenvalue weighted by atomic mass is 16.1. The van der Waals surface area contributed by atoms with Gasteiger partial charge in [-0.1, -0.05) is 30.9 Å². The van der Waals surface area contributed by atoms with Crippen LogP contribution in [-0.4, -0.2) is 12.3 Å². The van der Waals surface area contributed by atoms with E-state index in [1.165, 1.54) is 43.3 Å². The van der Waals surface area contributed by atoms with Crippen LogP contribution < -0.4 is 5.73 Å². The summed E-state index contributed by atoms with van der Waals surface area (Å²) < 4.78 is 0. The van der Waals surface area contributed by atoms with Gasteiger partial charge in [0, 0.05) is 18.5 Å². The Morgan fingerprint density at radius 3 is 2.62 bits per heavy atom. The van der Waals surface area contributed by atoms with Gasteiger partial charge in [0.25, 0.3) is 0 Å². The van der Waals surface area contributed by atoms with E-state index in [1.807, 2.05) is 6.92 Å². The molecule has 0 radical (unpaired) electrons. The Morgan fingerprint density at radius 2 is 2.00 bits per heavy atom. The van der Waals surface area contributed by atoms with E-state index in [0.29, 0.717) is 18.9 Å². The fraction of sp³-hybridized carbons (Fsp3) is 0.643. The molecule has 0 aromatic carbocycles. The summed E-state index contributed by atoms with van der Waals surface area (Å²) in [6.07, 6.45) is 9.20. The third-order valence-electron chi connectivity index (χ3n) is 3.78. The monoisotopic (exact) mass is 219 g/mol. The second-order valence-corrected chi connectivity index (χ2v) is 5.06. The van der Waals surface area contributed by atoms with Crippen molar-refractivity contribution in [1.29, 1.82) is 0 Å². The van der Waals surface area contributed by atoms with Gasteiger partial charge in [-0.3, -0.25) is 4.79 Å². The van der Waals surface area contributed by atoms with Crippen molar-refractivity contribution in [3.8, 4) is 0 Å². The molecule has 2 N–H and O–H groups in total. The minimum absolute atomic E-state index is 0.253. The van der Waals surface area contributed by atoms with Crippen LogP contribution in [0.4, 0.5) is 0 Å². The van der Waals surface area contributed by atoms with Crippen LogP contribution in [0.25, 0.3) is 0 Å². The zero-order valence-corrected chi connectivity index (χ0v) is 10.1. The number of rotatable bonds is 2. The van der Waals surface area contributed by atoms with E-state index in [1.54, 1.807) is 0 Å². The number of Topliss-reactive ketones (excluding diaryl/α,β-unsaturated/α-hetero) is 1. The maximum atomic E-state index is 11.9. The van der Waals surface area contributed by atoms with E-state index in [9.17, 15) is 4.79 Å². The van der Waals surface area contributed by atoms with Crippen molar-refractivity contribution in [3.05, 3.63) is 22.8 Å². The Morgan fingerprint density at radius 1 is 1.31 bits per heavy atom. The van der Waals surface area contributed by atoms with Gasteiger partial charge >= 0.3 is 0 Å². The van der Waals surface area contributed by atoms with Crippen molar-refractivity contribution < 1.29 is 4.79 Å². The second-order valence-electron chi connectivity index (χ2n) is 5.06. The van der Waals surface area contributed by atoms with E-state index in [2.05, 4.69) is 6.08 Å². The molecular formula is C14H21NO. The molecule has 0 bridgehead atoms. The third-order valence-corrected chi connectivity index (χ3v) is 3.78. The summed E-state index contributed by atoms with van der Waals surface area (Å²) in [4.78, 5) is 11.9. The Labute approximate surface area is 97.6 Å². The zero-order valence-electron chi connectivity index (χ0n) is 10.1. The van der Waals surface area contributed by atoms with E-state index < -0.39 is 0 Å². The van der Waals surface area contributed by atoms with E-state index in [4.69, 9.17) is 5.73 Å². The Balaban J connectivity index is 2.29. The fourth-order valence-electron chi connectivity index (χ4n) is 2.93. The molecule has 1 fully saturated rings. The molecule has 0 saturated heterocycles. The molecule has 0 amide bonds. The van der Waals surface area contributed by atoms with Crippen molar-refractivity contribution in [2.45, 2.75) is 45.4 Å². The van der Waals surface area contributed by atoms with Crippen LogP contribution in [0.2, 0.25) is 0 Å². The molecular weight excluding hydrogens is 198 g/mol. The quantitative estimate of drug-likeness (QED) is 0.776. The predicted octanol–water partition coefficient (Wildman–Crippen LogP) is 2.74. The number of carbonyl (C=O) groups excluding carboxylic acids is 1. The summed E-state index contributed by atoms with van der Waals surface area (Å²) >= 11 is 0. The summed E-state index contributed by atoms with van der Waals surface area (Å²) in [5, 5.41) is 0. The van der Waals surface area contributed by atoms with Gasteiger partial charge in [-0.05, 0) is 31.3 Å². The Kier molecular flexibility index (Phi) is 3.59. The molecule has 0 atom stereocenters. The summed E-state index contributed by atoms with van der Waals surface area (Å²) in [7, 11) is 0. The molecule has 2 heteroatoms. The lowest BCUT2D eigenvalue weighted by Crippen LogP contribution is -2.22. The van der Waals surface area contributed by atoms with Gasteiger partial charge in [-0.15, -0.1) is 0 Å². The van der Waals surface area contributed by atoms with Crippen LogP contribution in [-0.2, 0) is 4.79 Å². The summed E-state index contributed by atoms with van der Waals surface area (Å²) in [5.74, 6) is 0.842. The lowest BCUT2D eigenvalue weighted by Gasteiger charge is -2.27. The normalized spacial score (nSPS) is 23.6. The number of nitrogens with two attached hydrogens (primary N) is 1. The number of allylic oxidation sites excluding steroid dienone is 3. The molecule has 1 saturated carbocycles. The number of carbonyl (C=O) groups is 1. The summed E-state index contributed by atoms with van der Waals surface area (Å²) in [6, 6.07) is 0. The van der Waals surface area contributed by atoms with Crippen molar-refractivity contribution in [2.75, 3.05) is 6.54 Å². The minimum atomic E-state index is 0.253. The Bertz CT molecular complexity index is 346. The van der Waals surface area contributed by atoms with Crippen LogP contribution in [0.3, 0.4) is 0 Å². The molecule has 0 spiro atoms. The van der Waals surface area contributed by atoms with Crippen LogP contribution in [0, 0.1) is 5.92 Å². The summed E-state index contributed by atoms with van der Waals surface area (Å²) in [6.45, 7) is 2.46. The van der Waals surface area contributed by atoms with E-state index in [-0.39, 0.29) is 5.78 Å². The molecule has 2 nitrogen and oxygen atoms in total. The van der Waals surface area contributed by atoms with Gasteiger partial charge in [0.15, 0.2) is 5.78 Å². The molecule has 2 aliphatic carbocycles. The molecule has 0 heterocycles. The van der Waals surface area contributed by atoms with Gasteiger partial charge in [-0.2, -0.15) is 0 Å². The highest BCUT2D eigenvalue weighted by Gasteiger charge is 2.25. The lowest BCUT2D eigenvalue weighted by atomic mass is 9.78. The standard InChI is InChI=1S/C14H21NO/c1-10-7-12(11-5-3-2-4-6-11)13(9-15)14(16)8-10/h7,11H,2-6,8-9,15H2,1H3. The zero-order chi connectivity index (χ0) is 11.5. The highest BCUT2D eigenvalue weighted by Crippen LogP contribution is 2.35. The van der Waals surface area contributed by atoms with Crippen LogP contribution in [0.15, 0.2) is 22.8 Å². The first kappa shape index (κ1) is 11.6. The first-order valence-corrected chi connectivity index (χ1v) is 6.36. The maximum absolute atomic E-state index is 11.9. The van der Waals surface area contributed by atoms with Crippen LogP contribution in [0.5, 0.6) is 0 Å². The van der Waals surface area contributed by atoms with Crippen LogP contribution in [0.1, 0.15) is 45.4 Å². The Hall–Kier alpha value is -0.890. The van der Waals surface area contributed by atoms with Gasteiger partial charge in [-0.25, -0.2) is 0 Å². The molecule has 0 unspecified atom stereocenters. The van der Waals surface area contributed by atoms with Crippen LogP contribution >= 0.6 is 0 Å². The third kappa shape index (κ3) is 2.27. The number of hydrogen-bond donors (Lipinski definition) is 1. The maximum Gasteiger partial charge on any atom is 0.164 e. The molecule has 88 valence electrons. The smallest absolute Gasteiger partial charge is 0.164 e. The summed E-state index contributed by atoms with van der Waals surface area (Å²) in [5.41, 5.74) is 9.09. The number of hydrogen-bond acceptors (Lipinski definition) is 2. The van der Waals surface area contributed by atoms with E-state index >= 15 is 0 Å². The fourth-order valence-corrected chi connectivity index (χ4v) is 2.93. The largest absolute Gasteiger partial charge is 0.326 e. The average molecular weight is 219 g/mol. The van der Waals surface area contributed by atoms with E-state index in [0.717, 1.165) is 5.57 Å². The average Bonchev–Trinajstić information content (AvgIpc) is 2.29. The SMILES string of the molecule is CC1=CC(C2CCCCC2)=C(CN)C(=O)C1. The van der Waals surface area contributed by atoms with Gasteiger partial charge in [0.1, 0.15) is 0 Å². The minimum Gasteiger partial charge on any atom is -0.326 e. The first-order chi connectivity index (χ1) is 7.72. The molecule has 2 aliphatic rings. The van der Waals surface area contributed by atoms with Gasteiger partial charge in [0.05, 0.1) is 0 Å². The first-order valence-electron chi connectivity index (χ1n) is 6.36. The molecule has 2 rings (SSSR count). The van der Waals surface area contributed by atoms with Crippen molar-refractivity contribution in [2.24, 2.45) is 11.7 Å². The lowest BCUT2D eigenvalue weighted by molar-refractivity contribution is -0.115. The van der Waals surface area contributed by atoms with Gasteiger partial charge < -0.3 is 5.73 Å². The van der Waals surface area contributed by atoms with Crippen molar-refractivity contribution in [3.63, 3.8) is 0 Å². The van der Waals surface area contributed by atoms with Crippen molar-refractivity contribution >= 4 is 5.78 Å². The topological polar surface area (TPSA) is 43.1 Å². The molecule has 16 heavy (non-hydrogen) atoms. The number of ketones is 1. The molecule has 0 aromatic heterocycles. The van der Waals surface area contributed by atoms with Gasteiger partial charge in [0.2, 0.25) is 0 Å². The molecule has 0 aromatic rings. The van der Waals surface area contributed by atoms with Crippen molar-refractivity contribution in [1.82, 2.24) is 0 Å².